The number of aromatic nitrogens is 1. The molecule has 0 bridgehead atoms. The lowest BCUT2D eigenvalue weighted by Gasteiger charge is -2.44. The molecule has 0 aliphatic carbocycles. The molecule has 1 aliphatic heterocycles. The van der Waals surface area contributed by atoms with E-state index in [1.165, 1.54) is 18.7 Å². The zero-order valence-corrected chi connectivity index (χ0v) is 11.4. The molecule has 0 saturated carbocycles. The van der Waals surface area contributed by atoms with Crippen LogP contribution in [-0.2, 0) is 0 Å². The molecule has 100 valence electrons. The molecule has 1 atom stereocenters. The second kappa shape index (κ2) is 4.75. The number of rotatable bonds is 1. The van der Waals surface area contributed by atoms with E-state index in [1.54, 1.807) is 0 Å². The minimum absolute atomic E-state index is 0.140. The molecule has 4 heteroatoms. The third-order valence-electron chi connectivity index (χ3n) is 3.69. The van der Waals surface area contributed by atoms with Gasteiger partial charge >= 0.3 is 0 Å². The third kappa shape index (κ3) is 2.42. The number of nitrogens with two attached hydrogens (primary N) is 1. The van der Waals surface area contributed by atoms with E-state index in [1.807, 2.05) is 0 Å². The highest BCUT2D eigenvalue weighted by Gasteiger charge is 2.34. The van der Waals surface area contributed by atoms with Gasteiger partial charge in [0.2, 0.25) is 0 Å². The van der Waals surface area contributed by atoms with Gasteiger partial charge in [-0.3, -0.25) is 0 Å². The minimum atomic E-state index is -0.377. The van der Waals surface area contributed by atoms with Crippen LogP contribution in [0.4, 0.5) is 15.9 Å². The highest BCUT2D eigenvalue weighted by atomic mass is 19.1. The Bertz CT molecular complexity index is 426. The Morgan fingerprint density at radius 3 is 2.78 bits per heavy atom. The van der Waals surface area contributed by atoms with Gasteiger partial charge in [0.15, 0.2) is 11.6 Å². The zero-order chi connectivity index (χ0) is 13.3. The maximum atomic E-state index is 13.6. The maximum absolute atomic E-state index is 13.6. The van der Waals surface area contributed by atoms with Crippen molar-refractivity contribution in [3.8, 4) is 0 Å². The molecule has 1 saturated heterocycles. The summed E-state index contributed by atoms with van der Waals surface area (Å²) in [6, 6.07) is 1.68. The van der Waals surface area contributed by atoms with E-state index in [0.717, 1.165) is 19.4 Å². The molecular weight excluding hydrogens is 229 g/mol. The van der Waals surface area contributed by atoms with Gasteiger partial charge in [-0.1, -0.05) is 20.8 Å². The van der Waals surface area contributed by atoms with Gasteiger partial charge in [-0.2, -0.15) is 0 Å². The minimum Gasteiger partial charge on any atom is -0.393 e. The molecule has 0 radical (unpaired) electrons. The SMILES string of the molecule is CC(C)(C)C1CCCCN1c1nccc(F)c1N. The standard InChI is InChI=1S/C14H22FN3/c1-14(2,3)11-6-4-5-9-18(11)13-12(16)10(15)7-8-17-13/h7-8,11H,4-6,9,16H2,1-3H3. The first-order chi connectivity index (χ1) is 8.41. The quantitative estimate of drug-likeness (QED) is 0.833. The summed E-state index contributed by atoms with van der Waals surface area (Å²) in [5.74, 6) is 0.229. The lowest BCUT2D eigenvalue weighted by Crippen LogP contribution is -2.48. The van der Waals surface area contributed by atoms with Gasteiger partial charge in [-0.05, 0) is 30.7 Å². The van der Waals surface area contributed by atoms with Crippen molar-refractivity contribution < 1.29 is 4.39 Å². The first kappa shape index (κ1) is 13.1. The van der Waals surface area contributed by atoms with E-state index >= 15 is 0 Å². The van der Waals surface area contributed by atoms with E-state index in [0.29, 0.717) is 11.9 Å². The third-order valence-corrected chi connectivity index (χ3v) is 3.69. The van der Waals surface area contributed by atoms with Crippen LogP contribution in [-0.4, -0.2) is 17.6 Å². The van der Waals surface area contributed by atoms with E-state index in [2.05, 4.69) is 30.7 Å². The van der Waals surface area contributed by atoms with Crippen molar-refractivity contribution in [3.63, 3.8) is 0 Å². The normalized spacial score (nSPS) is 21.1. The molecule has 1 fully saturated rings. The topological polar surface area (TPSA) is 42.2 Å². The number of piperidine rings is 1. The number of anilines is 2. The van der Waals surface area contributed by atoms with E-state index in [-0.39, 0.29) is 16.9 Å². The predicted octanol–water partition coefficient (Wildman–Crippen LogP) is 3.21. The summed E-state index contributed by atoms with van der Waals surface area (Å²) in [5, 5.41) is 0. The van der Waals surface area contributed by atoms with E-state index < -0.39 is 0 Å². The summed E-state index contributed by atoms with van der Waals surface area (Å²) in [6.07, 6.45) is 4.94. The molecule has 2 N–H and O–H groups in total. The number of halogens is 1. The van der Waals surface area contributed by atoms with Crippen molar-refractivity contribution >= 4 is 11.5 Å². The van der Waals surface area contributed by atoms with Crippen LogP contribution in [0, 0.1) is 11.2 Å². The molecule has 0 spiro atoms. The molecule has 1 unspecified atom stereocenters. The molecule has 1 aliphatic rings. The van der Waals surface area contributed by atoms with Crippen LogP contribution in [0.1, 0.15) is 40.0 Å². The number of nitrogens with zero attached hydrogens (tertiary/aromatic N) is 2. The van der Waals surface area contributed by atoms with Gasteiger partial charge < -0.3 is 10.6 Å². The fourth-order valence-corrected chi connectivity index (χ4v) is 2.75. The lowest BCUT2D eigenvalue weighted by atomic mass is 9.80. The zero-order valence-electron chi connectivity index (χ0n) is 11.4. The highest BCUT2D eigenvalue weighted by Crippen LogP contribution is 2.36. The lowest BCUT2D eigenvalue weighted by molar-refractivity contribution is 0.260. The van der Waals surface area contributed by atoms with Crippen LogP contribution in [0.2, 0.25) is 0 Å². The Morgan fingerprint density at radius 1 is 1.39 bits per heavy atom. The Labute approximate surface area is 108 Å². The summed E-state index contributed by atoms with van der Waals surface area (Å²) in [5.41, 5.74) is 6.15. The van der Waals surface area contributed by atoms with Crippen molar-refractivity contribution in [1.29, 1.82) is 0 Å². The first-order valence-electron chi connectivity index (χ1n) is 6.58. The fourth-order valence-electron chi connectivity index (χ4n) is 2.75. The van der Waals surface area contributed by atoms with Crippen LogP contribution in [0.5, 0.6) is 0 Å². The number of hydrogen-bond donors (Lipinski definition) is 1. The molecule has 3 nitrogen and oxygen atoms in total. The first-order valence-corrected chi connectivity index (χ1v) is 6.58. The molecule has 2 rings (SSSR count). The molecule has 0 amide bonds. The summed E-state index contributed by atoms with van der Waals surface area (Å²) >= 11 is 0. The molecule has 1 aromatic heterocycles. The van der Waals surface area contributed by atoms with Crippen LogP contribution in [0.25, 0.3) is 0 Å². The molecule has 2 heterocycles. The fraction of sp³-hybridized carbons (Fsp3) is 0.643. The van der Waals surface area contributed by atoms with Crippen LogP contribution >= 0.6 is 0 Å². The number of hydrogen-bond acceptors (Lipinski definition) is 3. The van der Waals surface area contributed by atoms with Crippen molar-refractivity contribution in [2.24, 2.45) is 5.41 Å². The van der Waals surface area contributed by atoms with Crippen molar-refractivity contribution in [2.75, 3.05) is 17.2 Å². The van der Waals surface area contributed by atoms with E-state index in [4.69, 9.17) is 5.73 Å². The second-order valence-corrected chi connectivity index (χ2v) is 6.10. The van der Waals surface area contributed by atoms with Gasteiger partial charge in [0.25, 0.3) is 0 Å². The average Bonchev–Trinajstić information content (AvgIpc) is 2.32. The summed E-state index contributed by atoms with van der Waals surface area (Å²) < 4.78 is 13.6. The van der Waals surface area contributed by atoms with Crippen molar-refractivity contribution in [3.05, 3.63) is 18.1 Å². The van der Waals surface area contributed by atoms with Crippen molar-refractivity contribution in [1.82, 2.24) is 4.98 Å². The molecule has 1 aromatic rings. The second-order valence-electron chi connectivity index (χ2n) is 6.10. The van der Waals surface area contributed by atoms with Crippen molar-refractivity contribution in [2.45, 2.75) is 46.1 Å². The summed E-state index contributed by atoms with van der Waals surface area (Å²) in [6.45, 7) is 7.55. The number of nitrogen functional groups attached to an aromatic ring is 1. The smallest absolute Gasteiger partial charge is 0.155 e. The highest BCUT2D eigenvalue weighted by molar-refractivity contribution is 5.63. The molecule has 0 aromatic carbocycles. The average molecular weight is 251 g/mol. The monoisotopic (exact) mass is 251 g/mol. The van der Waals surface area contributed by atoms with Gasteiger partial charge in [-0.25, -0.2) is 9.37 Å². The molecular formula is C14H22FN3. The van der Waals surface area contributed by atoms with Gasteiger partial charge in [-0.15, -0.1) is 0 Å². The maximum Gasteiger partial charge on any atom is 0.155 e. The van der Waals surface area contributed by atoms with Crippen LogP contribution < -0.4 is 10.6 Å². The Kier molecular flexibility index (Phi) is 3.46. The van der Waals surface area contributed by atoms with Gasteiger partial charge in [0, 0.05) is 18.8 Å². The van der Waals surface area contributed by atoms with Gasteiger partial charge in [0.1, 0.15) is 5.69 Å². The Balaban J connectivity index is 2.37. The Hall–Kier alpha value is -1.32. The van der Waals surface area contributed by atoms with Gasteiger partial charge in [0.05, 0.1) is 0 Å². The summed E-state index contributed by atoms with van der Waals surface area (Å²) in [4.78, 5) is 6.47. The summed E-state index contributed by atoms with van der Waals surface area (Å²) in [7, 11) is 0. The number of pyridine rings is 1. The molecule has 18 heavy (non-hydrogen) atoms. The van der Waals surface area contributed by atoms with E-state index in [9.17, 15) is 4.39 Å². The van der Waals surface area contributed by atoms with Crippen LogP contribution in [0.15, 0.2) is 12.3 Å². The Morgan fingerprint density at radius 2 is 2.11 bits per heavy atom. The van der Waals surface area contributed by atoms with Crippen LogP contribution in [0.3, 0.4) is 0 Å². The largest absolute Gasteiger partial charge is 0.393 e. The predicted molar refractivity (Wildman–Crippen MR) is 73.0 cm³/mol.